The van der Waals surface area contributed by atoms with E-state index in [9.17, 15) is 0 Å². The predicted octanol–water partition coefficient (Wildman–Crippen LogP) is 4.36. The second-order valence-electron chi connectivity index (χ2n) is 5.94. The van der Waals surface area contributed by atoms with E-state index in [1.165, 1.54) is 0 Å². The summed E-state index contributed by atoms with van der Waals surface area (Å²) in [7, 11) is 0. The largest absolute Gasteiger partial charge is 0.501 e. The molecule has 2 atom stereocenters. The van der Waals surface area contributed by atoms with E-state index < -0.39 is 0 Å². The molecule has 0 aromatic rings. The average Bonchev–Trinajstić information content (AvgIpc) is 2.54. The van der Waals surface area contributed by atoms with Crippen molar-refractivity contribution in [3.05, 3.63) is 24.7 Å². The van der Waals surface area contributed by atoms with Gasteiger partial charge in [-0.05, 0) is 41.5 Å². The standard InChI is InChI=1S/C19H36O6/c1-7-11-20-13-9-18(24-16(3)4)22-15-23-19(25-17(5)6)10-14-21-12-8-2/h7-8,11-12,16-19H,9-10,13-15H2,1-6H3/b11-7+,12-8+. The quantitative estimate of drug-likeness (QED) is 0.232. The third kappa shape index (κ3) is 16.2. The summed E-state index contributed by atoms with van der Waals surface area (Å²) in [5.74, 6) is 0. The molecule has 0 N–H and O–H groups in total. The molecule has 0 radical (unpaired) electrons. The van der Waals surface area contributed by atoms with Crippen molar-refractivity contribution in [2.24, 2.45) is 0 Å². The molecule has 0 bridgehead atoms. The van der Waals surface area contributed by atoms with E-state index in [0.717, 1.165) is 0 Å². The fourth-order valence-electron chi connectivity index (χ4n) is 1.84. The molecule has 0 aliphatic carbocycles. The molecule has 6 heteroatoms. The van der Waals surface area contributed by atoms with E-state index in [1.54, 1.807) is 12.5 Å². The Hall–Kier alpha value is -1.08. The van der Waals surface area contributed by atoms with Crippen molar-refractivity contribution >= 4 is 0 Å². The van der Waals surface area contributed by atoms with E-state index in [0.29, 0.717) is 26.1 Å². The normalized spacial score (nSPS) is 14.7. The van der Waals surface area contributed by atoms with Crippen LogP contribution in [-0.4, -0.2) is 44.8 Å². The summed E-state index contributed by atoms with van der Waals surface area (Å²) in [4.78, 5) is 0. The van der Waals surface area contributed by atoms with Crippen molar-refractivity contribution in [1.82, 2.24) is 0 Å². The monoisotopic (exact) mass is 360 g/mol. The van der Waals surface area contributed by atoms with Crippen molar-refractivity contribution in [1.29, 1.82) is 0 Å². The number of ether oxygens (including phenoxy) is 6. The highest BCUT2D eigenvalue weighted by Gasteiger charge is 2.15. The number of hydrogen-bond donors (Lipinski definition) is 0. The third-order valence-corrected chi connectivity index (χ3v) is 2.76. The highest BCUT2D eigenvalue weighted by molar-refractivity contribution is 4.66. The highest BCUT2D eigenvalue weighted by atomic mass is 16.8. The molecule has 0 aliphatic heterocycles. The minimum atomic E-state index is -0.385. The lowest BCUT2D eigenvalue weighted by Gasteiger charge is -2.24. The van der Waals surface area contributed by atoms with Crippen LogP contribution in [0.4, 0.5) is 0 Å². The van der Waals surface area contributed by atoms with Crippen molar-refractivity contribution in [3.8, 4) is 0 Å². The summed E-state index contributed by atoms with van der Waals surface area (Å²) in [5, 5.41) is 0. The smallest absolute Gasteiger partial charge is 0.164 e. The molecule has 0 spiro atoms. The minimum absolute atomic E-state index is 0.0589. The maximum atomic E-state index is 5.73. The fraction of sp³-hybridized carbons (Fsp3) is 0.789. The molecule has 6 nitrogen and oxygen atoms in total. The first-order valence-corrected chi connectivity index (χ1v) is 8.99. The van der Waals surface area contributed by atoms with Gasteiger partial charge in [0, 0.05) is 12.8 Å². The summed E-state index contributed by atoms with van der Waals surface area (Å²) in [6.07, 6.45) is 7.57. The second kappa shape index (κ2) is 16.4. The van der Waals surface area contributed by atoms with Crippen LogP contribution in [0.25, 0.3) is 0 Å². The van der Waals surface area contributed by atoms with Crippen molar-refractivity contribution in [2.75, 3.05) is 20.0 Å². The minimum Gasteiger partial charge on any atom is -0.501 e. The molecule has 0 aromatic carbocycles. The summed E-state index contributed by atoms with van der Waals surface area (Å²) in [5.41, 5.74) is 0. The van der Waals surface area contributed by atoms with Crippen LogP contribution in [0, 0.1) is 0 Å². The van der Waals surface area contributed by atoms with Crippen LogP contribution in [0.15, 0.2) is 24.7 Å². The molecule has 0 saturated carbocycles. The first kappa shape index (κ1) is 23.9. The van der Waals surface area contributed by atoms with Gasteiger partial charge in [0.1, 0.15) is 0 Å². The van der Waals surface area contributed by atoms with Gasteiger partial charge in [0.15, 0.2) is 19.4 Å². The Labute approximate surface area is 153 Å². The molecule has 0 rings (SSSR count). The number of rotatable bonds is 16. The number of hydrogen-bond acceptors (Lipinski definition) is 6. The molecule has 2 unspecified atom stereocenters. The summed E-state index contributed by atoms with van der Waals surface area (Å²) in [6.45, 7) is 12.8. The number of allylic oxidation sites excluding steroid dienone is 2. The molecule has 0 amide bonds. The lowest BCUT2D eigenvalue weighted by atomic mass is 10.4. The van der Waals surface area contributed by atoms with E-state index in [2.05, 4.69) is 0 Å². The topological polar surface area (TPSA) is 55.4 Å². The molecule has 0 heterocycles. The van der Waals surface area contributed by atoms with E-state index in [1.807, 2.05) is 53.7 Å². The van der Waals surface area contributed by atoms with Crippen LogP contribution in [0.1, 0.15) is 54.4 Å². The summed E-state index contributed by atoms with van der Waals surface area (Å²) in [6, 6.07) is 0. The SMILES string of the molecule is C/C=C/OCCC(OCOC(CCO/C=C/C)OC(C)C)OC(C)C. The maximum absolute atomic E-state index is 5.73. The molecule has 25 heavy (non-hydrogen) atoms. The second-order valence-corrected chi connectivity index (χ2v) is 5.94. The van der Waals surface area contributed by atoms with Gasteiger partial charge in [-0.25, -0.2) is 0 Å². The van der Waals surface area contributed by atoms with E-state index in [4.69, 9.17) is 28.4 Å². The van der Waals surface area contributed by atoms with Crippen molar-refractivity contribution in [3.63, 3.8) is 0 Å². The Kier molecular flexibility index (Phi) is 15.7. The Morgan fingerprint density at radius 1 is 0.680 bits per heavy atom. The van der Waals surface area contributed by atoms with Gasteiger partial charge in [-0.1, -0.05) is 12.2 Å². The van der Waals surface area contributed by atoms with Crippen LogP contribution < -0.4 is 0 Å². The zero-order chi connectivity index (χ0) is 18.9. The lowest BCUT2D eigenvalue weighted by molar-refractivity contribution is -0.262. The Balaban J connectivity index is 4.24. The zero-order valence-electron chi connectivity index (χ0n) is 16.6. The molecule has 148 valence electrons. The molecule has 0 saturated heterocycles. The van der Waals surface area contributed by atoms with Crippen molar-refractivity contribution in [2.45, 2.75) is 79.2 Å². The van der Waals surface area contributed by atoms with Crippen LogP contribution in [-0.2, 0) is 28.4 Å². The fourth-order valence-corrected chi connectivity index (χ4v) is 1.84. The zero-order valence-corrected chi connectivity index (χ0v) is 16.6. The Morgan fingerprint density at radius 3 is 1.40 bits per heavy atom. The van der Waals surface area contributed by atoms with Gasteiger partial charge in [-0.2, -0.15) is 0 Å². The van der Waals surface area contributed by atoms with Gasteiger partial charge < -0.3 is 28.4 Å². The highest BCUT2D eigenvalue weighted by Crippen LogP contribution is 2.10. The average molecular weight is 360 g/mol. The van der Waals surface area contributed by atoms with Gasteiger partial charge in [-0.15, -0.1) is 0 Å². The van der Waals surface area contributed by atoms with Crippen LogP contribution in [0.3, 0.4) is 0 Å². The summed E-state index contributed by atoms with van der Waals surface area (Å²) < 4.78 is 33.5. The molecule has 0 aromatic heterocycles. The summed E-state index contributed by atoms with van der Waals surface area (Å²) >= 11 is 0. The van der Waals surface area contributed by atoms with Crippen LogP contribution >= 0.6 is 0 Å². The molecular formula is C19H36O6. The van der Waals surface area contributed by atoms with Crippen LogP contribution in [0.2, 0.25) is 0 Å². The Bertz CT molecular complexity index is 309. The first-order valence-electron chi connectivity index (χ1n) is 8.99. The molecule has 0 aliphatic rings. The van der Waals surface area contributed by atoms with Crippen LogP contribution in [0.5, 0.6) is 0 Å². The van der Waals surface area contributed by atoms with Gasteiger partial charge >= 0.3 is 0 Å². The molecular weight excluding hydrogens is 324 g/mol. The van der Waals surface area contributed by atoms with E-state index >= 15 is 0 Å². The van der Waals surface area contributed by atoms with Gasteiger partial charge in [0.25, 0.3) is 0 Å². The van der Waals surface area contributed by atoms with Gasteiger partial charge in [-0.3, -0.25) is 0 Å². The van der Waals surface area contributed by atoms with E-state index in [-0.39, 0.29) is 31.6 Å². The van der Waals surface area contributed by atoms with Gasteiger partial charge in [0.05, 0.1) is 37.9 Å². The first-order chi connectivity index (χ1) is 12.0. The molecule has 0 fully saturated rings. The maximum Gasteiger partial charge on any atom is 0.164 e. The lowest BCUT2D eigenvalue weighted by Crippen LogP contribution is -2.28. The van der Waals surface area contributed by atoms with Crippen molar-refractivity contribution < 1.29 is 28.4 Å². The Morgan fingerprint density at radius 2 is 1.08 bits per heavy atom. The third-order valence-electron chi connectivity index (χ3n) is 2.76. The van der Waals surface area contributed by atoms with Gasteiger partial charge in [0.2, 0.25) is 0 Å². The predicted molar refractivity (Wildman–Crippen MR) is 97.8 cm³/mol.